The Kier molecular flexibility index (Phi) is 7.08. The SMILES string of the molecule is COc1ccccc1OCC(=O)NC1CCN(S(=O)(=O)c2ccc([N+](=O)[O-])cc2)CC1. The van der Waals surface area contributed by atoms with E-state index in [1.54, 1.807) is 24.3 Å². The highest BCUT2D eigenvalue weighted by Crippen LogP contribution is 2.26. The molecular weight excluding hydrogens is 426 g/mol. The number of non-ortho nitro benzene ring substituents is 1. The lowest BCUT2D eigenvalue weighted by Gasteiger charge is -2.31. The second kappa shape index (κ2) is 9.75. The van der Waals surface area contributed by atoms with E-state index < -0.39 is 14.9 Å². The van der Waals surface area contributed by atoms with Gasteiger partial charge < -0.3 is 14.8 Å². The van der Waals surface area contributed by atoms with Gasteiger partial charge in [0, 0.05) is 31.3 Å². The molecule has 0 atom stereocenters. The molecule has 0 bridgehead atoms. The van der Waals surface area contributed by atoms with Crippen LogP contribution in [0.5, 0.6) is 11.5 Å². The molecule has 11 heteroatoms. The highest BCUT2D eigenvalue weighted by atomic mass is 32.2. The number of sulfonamides is 1. The lowest BCUT2D eigenvalue weighted by Crippen LogP contribution is -2.47. The van der Waals surface area contributed by atoms with Crippen molar-refractivity contribution in [2.45, 2.75) is 23.8 Å². The van der Waals surface area contributed by atoms with E-state index in [0.29, 0.717) is 24.3 Å². The summed E-state index contributed by atoms with van der Waals surface area (Å²) in [6.45, 7) is 0.289. The lowest BCUT2D eigenvalue weighted by atomic mass is 10.1. The number of ether oxygens (including phenoxy) is 2. The third-order valence-corrected chi connectivity index (χ3v) is 6.85. The molecule has 2 aromatic rings. The topological polar surface area (TPSA) is 128 Å². The molecule has 1 saturated heterocycles. The van der Waals surface area contributed by atoms with Gasteiger partial charge in [-0.15, -0.1) is 0 Å². The summed E-state index contributed by atoms with van der Waals surface area (Å²) in [6, 6.07) is 11.6. The molecule has 0 unspecified atom stereocenters. The van der Waals surface area contributed by atoms with Gasteiger partial charge in [0.1, 0.15) is 0 Å². The molecule has 0 spiro atoms. The molecule has 10 nitrogen and oxygen atoms in total. The average molecular weight is 449 g/mol. The van der Waals surface area contributed by atoms with Crippen LogP contribution in [-0.4, -0.2) is 56.4 Å². The molecule has 1 N–H and O–H groups in total. The third-order valence-electron chi connectivity index (χ3n) is 4.93. The first kappa shape index (κ1) is 22.5. The molecule has 0 radical (unpaired) electrons. The molecule has 0 aromatic heterocycles. The van der Waals surface area contributed by atoms with Gasteiger partial charge in [-0.1, -0.05) is 12.1 Å². The highest BCUT2D eigenvalue weighted by Gasteiger charge is 2.30. The molecule has 0 saturated carbocycles. The van der Waals surface area contributed by atoms with Gasteiger partial charge in [0.05, 0.1) is 16.9 Å². The van der Waals surface area contributed by atoms with Crippen LogP contribution in [0.25, 0.3) is 0 Å². The van der Waals surface area contributed by atoms with E-state index in [-0.39, 0.29) is 42.2 Å². The number of hydrogen-bond acceptors (Lipinski definition) is 7. The van der Waals surface area contributed by atoms with Gasteiger partial charge in [-0.05, 0) is 37.1 Å². The van der Waals surface area contributed by atoms with Gasteiger partial charge in [0.15, 0.2) is 18.1 Å². The minimum Gasteiger partial charge on any atom is -0.493 e. The van der Waals surface area contributed by atoms with Crippen molar-refractivity contribution >= 4 is 21.6 Å². The molecule has 2 aromatic carbocycles. The maximum atomic E-state index is 12.8. The summed E-state index contributed by atoms with van der Waals surface area (Å²) in [5.74, 6) is 0.687. The zero-order valence-corrected chi connectivity index (χ0v) is 17.7. The first-order valence-electron chi connectivity index (χ1n) is 9.61. The summed E-state index contributed by atoms with van der Waals surface area (Å²) in [4.78, 5) is 22.4. The van der Waals surface area contributed by atoms with E-state index in [4.69, 9.17) is 9.47 Å². The Morgan fingerprint density at radius 1 is 1.13 bits per heavy atom. The molecule has 1 aliphatic heterocycles. The van der Waals surface area contributed by atoms with Crippen molar-refractivity contribution in [2.75, 3.05) is 26.8 Å². The van der Waals surface area contributed by atoms with Crippen LogP contribution >= 0.6 is 0 Å². The third kappa shape index (κ3) is 5.50. The van der Waals surface area contributed by atoms with Crippen molar-refractivity contribution in [2.24, 2.45) is 0 Å². The van der Waals surface area contributed by atoms with Crippen LogP contribution in [0, 0.1) is 10.1 Å². The molecule has 166 valence electrons. The van der Waals surface area contributed by atoms with Gasteiger partial charge in [-0.3, -0.25) is 14.9 Å². The lowest BCUT2D eigenvalue weighted by molar-refractivity contribution is -0.384. The summed E-state index contributed by atoms with van der Waals surface area (Å²) in [5, 5.41) is 13.6. The average Bonchev–Trinajstić information content (AvgIpc) is 2.78. The maximum absolute atomic E-state index is 12.8. The van der Waals surface area contributed by atoms with Crippen molar-refractivity contribution < 1.29 is 27.6 Å². The molecule has 0 aliphatic carbocycles. The number of rotatable bonds is 8. The summed E-state index contributed by atoms with van der Waals surface area (Å²) in [7, 11) is -2.24. The van der Waals surface area contributed by atoms with Crippen LogP contribution in [0.4, 0.5) is 5.69 Å². The minimum atomic E-state index is -3.75. The van der Waals surface area contributed by atoms with Gasteiger partial charge in [0.25, 0.3) is 11.6 Å². The van der Waals surface area contributed by atoms with Gasteiger partial charge in [-0.25, -0.2) is 8.42 Å². The maximum Gasteiger partial charge on any atom is 0.269 e. The number of para-hydroxylation sites is 2. The highest BCUT2D eigenvalue weighted by molar-refractivity contribution is 7.89. The van der Waals surface area contributed by atoms with Crippen molar-refractivity contribution in [3.63, 3.8) is 0 Å². The fourth-order valence-electron chi connectivity index (χ4n) is 3.28. The normalized spacial score (nSPS) is 15.3. The van der Waals surface area contributed by atoms with E-state index in [2.05, 4.69) is 5.32 Å². The number of nitrogens with zero attached hydrogens (tertiary/aromatic N) is 2. The fraction of sp³-hybridized carbons (Fsp3) is 0.350. The zero-order valence-electron chi connectivity index (χ0n) is 16.9. The Hall–Kier alpha value is -3.18. The molecule has 1 amide bonds. The molecule has 1 aliphatic rings. The Balaban J connectivity index is 1.50. The van der Waals surface area contributed by atoms with Crippen molar-refractivity contribution in [1.82, 2.24) is 9.62 Å². The van der Waals surface area contributed by atoms with Crippen LogP contribution in [0.3, 0.4) is 0 Å². The van der Waals surface area contributed by atoms with Gasteiger partial charge in [-0.2, -0.15) is 4.31 Å². The van der Waals surface area contributed by atoms with Crippen LogP contribution < -0.4 is 14.8 Å². The van der Waals surface area contributed by atoms with Crippen molar-refractivity contribution in [3.8, 4) is 11.5 Å². The Morgan fingerprint density at radius 3 is 2.32 bits per heavy atom. The minimum absolute atomic E-state index is 0.00536. The standard InChI is InChI=1S/C20H23N3O7S/c1-29-18-4-2-3-5-19(18)30-14-20(24)21-15-10-12-22(13-11-15)31(27,28)17-8-6-16(7-9-17)23(25)26/h2-9,15H,10-14H2,1H3,(H,21,24). The summed E-state index contributed by atoms with van der Waals surface area (Å²) in [6.07, 6.45) is 0.902. The number of carbonyl (C=O) groups is 1. The fourth-order valence-corrected chi connectivity index (χ4v) is 4.75. The molecule has 1 fully saturated rings. The van der Waals surface area contributed by atoms with E-state index in [9.17, 15) is 23.3 Å². The zero-order chi connectivity index (χ0) is 22.4. The predicted octanol–water partition coefficient (Wildman–Crippen LogP) is 1.95. The number of methoxy groups -OCH3 is 1. The Bertz CT molecular complexity index is 1030. The van der Waals surface area contributed by atoms with E-state index >= 15 is 0 Å². The second-order valence-electron chi connectivity index (χ2n) is 6.94. The Morgan fingerprint density at radius 2 is 1.74 bits per heavy atom. The number of nitrogens with one attached hydrogen (secondary N) is 1. The number of nitro benzene ring substituents is 1. The van der Waals surface area contributed by atoms with Crippen molar-refractivity contribution in [1.29, 1.82) is 0 Å². The Labute approximate surface area is 180 Å². The van der Waals surface area contributed by atoms with E-state index in [1.165, 1.54) is 35.7 Å². The van der Waals surface area contributed by atoms with Gasteiger partial charge >= 0.3 is 0 Å². The van der Waals surface area contributed by atoms with Crippen LogP contribution in [-0.2, 0) is 14.8 Å². The number of piperidine rings is 1. The van der Waals surface area contributed by atoms with E-state index in [0.717, 1.165) is 0 Å². The number of benzene rings is 2. The smallest absolute Gasteiger partial charge is 0.269 e. The van der Waals surface area contributed by atoms with Gasteiger partial charge in [0.2, 0.25) is 10.0 Å². The first-order valence-corrected chi connectivity index (χ1v) is 11.0. The van der Waals surface area contributed by atoms with Crippen molar-refractivity contribution in [3.05, 3.63) is 58.6 Å². The number of amides is 1. The second-order valence-corrected chi connectivity index (χ2v) is 8.87. The number of carbonyl (C=O) groups excluding carboxylic acids is 1. The molecule has 31 heavy (non-hydrogen) atoms. The number of nitro groups is 1. The molecular formula is C20H23N3O7S. The predicted molar refractivity (Wildman–Crippen MR) is 112 cm³/mol. The van der Waals surface area contributed by atoms with E-state index in [1.807, 2.05) is 0 Å². The number of hydrogen-bond donors (Lipinski definition) is 1. The quantitative estimate of drug-likeness (QED) is 0.482. The molecule has 3 rings (SSSR count). The summed E-state index contributed by atoms with van der Waals surface area (Å²) < 4.78 is 37.5. The van der Waals surface area contributed by atoms with Crippen LogP contribution in [0.1, 0.15) is 12.8 Å². The summed E-state index contributed by atoms with van der Waals surface area (Å²) in [5.41, 5.74) is -0.171. The first-order chi connectivity index (χ1) is 14.8. The monoisotopic (exact) mass is 449 g/mol. The van der Waals surface area contributed by atoms with Crippen LogP contribution in [0.15, 0.2) is 53.4 Å². The summed E-state index contributed by atoms with van der Waals surface area (Å²) >= 11 is 0. The largest absolute Gasteiger partial charge is 0.493 e. The molecule has 1 heterocycles. The van der Waals surface area contributed by atoms with Crippen LogP contribution in [0.2, 0.25) is 0 Å².